The van der Waals surface area contributed by atoms with Crippen LogP contribution in [-0.4, -0.2) is 23.4 Å². The van der Waals surface area contributed by atoms with Gasteiger partial charge in [0, 0.05) is 28.7 Å². The average Bonchev–Trinajstić information content (AvgIpc) is 2.46. The molecule has 1 fully saturated rings. The van der Waals surface area contributed by atoms with Gasteiger partial charge in [-0.2, -0.15) is 0 Å². The second kappa shape index (κ2) is 7.14. The molecule has 0 aromatic heterocycles. The summed E-state index contributed by atoms with van der Waals surface area (Å²) in [7, 11) is 0. The highest BCUT2D eigenvalue weighted by Gasteiger charge is 2.23. The summed E-state index contributed by atoms with van der Waals surface area (Å²) in [6.07, 6.45) is 7.82. The summed E-state index contributed by atoms with van der Waals surface area (Å²) in [6.45, 7) is 2.99. The monoisotopic (exact) mass is 311 g/mol. The molecular formula is C16H19Cl2NO. The van der Waals surface area contributed by atoms with Gasteiger partial charge in [-0.3, -0.25) is 4.79 Å². The van der Waals surface area contributed by atoms with Crippen LogP contribution in [0.2, 0.25) is 10.0 Å². The number of carbonyl (C=O) groups is 1. The molecule has 0 spiro atoms. The van der Waals surface area contributed by atoms with Gasteiger partial charge < -0.3 is 4.90 Å². The highest BCUT2D eigenvalue weighted by atomic mass is 35.5. The lowest BCUT2D eigenvalue weighted by molar-refractivity contribution is -0.129. The first-order chi connectivity index (χ1) is 9.61. The lowest BCUT2D eigenvalue weighted by Gasteiger charge is -2.34. The molecule has 0 saturated carbocycles. The van der Waals surface area contributed by atoms with Crippen LogP contribution in [0.25, 0.3) is 6.08 Å². The summed E-state index contributed by atoms with van der Waals surface area (Å²) in [5, 5.41) is 1.16. The van der Waals surface area contributed by atoms with Crippen LogP contribution >= 0.6 is 23.2 Å². The highest BCUT2D eigenvalue weighted by Crippen LogP contribution is 2.23. The number of carbonyl (C=O) groups excluding carboxylic acids is 1. The van der Waals surface area contributed by atoms with E-state index in [0.29, 0.717) is 16.1 Å². The zero-order chi connectivity index (χ0) is 14.5. The number of amides is 1. The van der Waals surface area contributed by atoms with E-state index in [1.54, 1.807) is 24.3 Å². The molecule has 0 N–H and O–H groups in total. The molecular weight excluding hydrogens is 293 g/mol. The number of hydrogen-bond donors (Lipinski definition) is 0. The minimum atomic E-state index is 0.0718. The van der Waals surface area contributed by atoms with Gasteiger partial charge in [0.2, 0.25) is 5.91 Å². The molecule has 1 saturated heterocycles. The maximum Gasteiger partial charge on any atom is 0.246 e. The van der Waals surface area contributed by atoms with E-state index in [1.807, 2.05) is 11.0 Å². The molecule has 108 valence electrons. The maximum atomic E-state index is 12.3. The molecule has 1 aliphatic rings. The minimum absolute atomic E-state index is 0.0718. The van der Waals surface area contributed by atoms with E-state index in [-0.39, 0.29) is 5.91 Å². The van der Waals surface area contributed by atoms with Crippen LogP contribution in [0.15, 0.2) is 24.3 Å². The molecule has 1 aliphatic heterocycles. The molecule has 0 aliphatic carbocycles. The van der Waals surface area contributed by atoms with Gasteiger partial charge in [0.1, 0.15) is 0 Å². The van der Waals surface area contributed by atoms with E-state index in [0.717, 1.165) is 31.4 Å². The van der Waals surface area contributed by atoms with E-state index < -0.39 is 0 Å². The van der Waals surface area contributed by atoms with E-state index in [9.17, 15) is 4.79 Å². The molecule has 0 bridgehead atoms. The maximum absolute atomic E-state index is 12.3. The summed E-state index contributed by atoms with van der Waals surface area (Å²) < 4.78 is 0. The average molecular weight is 312 g/mol. The first kappa shape index (κ1) is 15.4. The molecule has 2 rings (SSSR count). The molecule has 1 aromatic rings. The first-order valence-corrected chi connectivity index (χ1v) is 7.81. The molecule has 1 heterocycles. The standard InChI is InChI=1S/C16H19Cl2NO/c1-2-14-5-3-4-10-19(14)16(20)9-7-12-6-8-13(17)11-15(12)18/h6-9,11,14H,2-5,10H2,1H3/b9-7+. The smallest absolute Gasteiger partial charge is 0.246 e. The quantitative estimate of drug-likeness (QED) is 0.734. The Balaban J connectivity index is 2.08. The number of piperidine rings is 1. The van der Waals surface area contributed by atoms with Gasteiger partial charge in [-0.1, -0.05) is 36.2 Å². The largest absolute Gasteiger partial charge is 0.336 e. The fraction of sp³-hybridized carbons (Fsp3) is 0.438. The molecule has 4 heteroatoms. The molecule has 2 nitrogen and oxygen atoms in total. The van der Waals surface area contributed by atoms with Gasteiger partial charge >= 0.3 is 0 Å². The highest BCUT2D eigenvalue weighted by molar-refractivity contribution is 6.35. The Morgan fingerprint density at radius 1 is 1.40 bits per heavy atom. The van der Waals surface area contributed by atoms with Crippen molar-refractivity contribution in [2.24, 2.45) is 0 Å². The van der Waals surface area contributed by atoms with Crippen LogP contribution in [0.3, 0.4) is 0 Å². The van der Waals surface area contributed by atoms with Crippen molar-refractivity contribution >= 4 is 35.2 Å². The van der Waals surface area contributed by atoms with Crippen LogP contribution in [0, 0.1) is 0 Å². The Morgan fingerprint density at radius 2 is 2.20 bits per heavy atom. The van der Waals surface area contributed by atoms with Crippen molar-refractivity contribution < 1.29 is 4.79 Å². The molecule has 1 atom stereocenters. The van der Waals surface area contributed by atoms with E-state index in [2.05, 4.69) is 6.92 Å². The van der Waals surface area contributed by atoms with Crippen LogP contribution < -0.4 is 0 Å². The summed E-state index contributed by atoms with van der Waals surface area (Å²) in [4.78, 5) is 14.3. The van der Waals surface area contributed by atoms with Gasteiger partial charge in [0.15, 0.2) is 0 Å². The normalized spacial score (nSPS) is 19.6. The van der Waals surface area contributed by atoms with Crippen molar-refractivity contribution in [1.82, 2.24) is 4.90 Å². The number of nitrogens with zero attached hydrogens (tertiary/aromatic N) is 1. The lowest BCUT2D eigenvalue weighted by Crippen LogP contribution is -2.42. The Kier molecular flexibility index (Phi) is 5.50. The predicted molar refractivity (Wildman–Crippen MR) is 85.1 cm³/mol. The second-order valence-corrected chi connectivity index (χ2v) is 5.93. The summed E-state index contributed by atoms with van der Waals surface area (Å²) in [5.41, 5.74) is 0.814. The number of halogens is 2. The Labute approximate surface area is 130 Å². The number of hydrogen-bond acceptors (Lipinski definition) is 1. The SMILES string of the molecule is CCC1CCCCN1C(=O)/C=C/c1ccc(Cl)cc1Cl. The third kappa shape index (κ3) is 3.77. The minimum Gasteiger partial charge on any atom is -0.336 e. The van der Waals surface area contributed by atoms with Crippen molar-refractivity contribution in [3.63, 3.8) is 0 Å². The van der Waals surface area contributed by atoms with Crippen molar-refractivity contribution in [2.75, 3.05) is 6.54 Å². The van der Waals surface area contributed by atoms with Crippen molar-refractivity contribution in [2.45, 2.75) is 38.6 Å². The topological polar surface area (TPSA) is 20.3 Å². The number of rotatable bonds is 3. The van der Waals surface area contributed by atoms with Gasteiger partial charge in [-0.15, -0.1) is 0 Å². The zero-order valence-corrected chi connectivity index (χ0v) is 13.1. The van der Waals surface area contributed by atoms with Gasteiger partial charge in [-0.05, 0) is 49.5 Å². The fourth-order valence-corrected chi connectivity index (χ4v) is 3.08. The van der Waals surface area contributed by atoms with Crippen LogP contribution in [0.4, 0.5) is 0 Å². The van der Waals surface area contributed by atoms with E-state index >= 15 is 0 Å². The molecule has 0 radical (unpaired) electrons. The zero-order valence-electron chi connectivity index (χ0n) is 11.6. The Hall–Kier alpha value is -0.990. The lowest BCUT2D eigenvalue weighted by atomic mass is 10.00. The summed E-state index contributed by atoms with van der Waals surface area (Å²) >= 11 is 11.9. The molecule has 1 aromatic carbocycles. The molecule has 1 unspecified atom stereocenters. The first-order valence-electron chi connectivity index (χ1n) is 7.05. The summed E-state index contributed by atoms with van der Waals surface area (Å²) in [5.74, 6) is 0.0718. The third-order valence-corrected chi connectivity index (χ3v) is 4.31. The third-order valence-electron chi connectivity index (χ3n) is 3.75. The van der Waals surface area contributed by atoms with Crippen molar-refractivity contribution in [3.05, 3.63) is 39.9 Å². The Morgan fingerprint density at radius 3 is 2.90 bits per heavy atom. The van der Waals surface area contributed by atoms with Gasteiger partial charge in [0.05, 0.1) is 0 Å². The van der Waals surface area contributed by atoms with E-state index in [4.69, 9.17) is 23.2 Å². The van der Waals surface area contributed by atoms with E-state index in [1.165, 1.54) is 6.42 Å². The number of benzene rings is 1. The molecule has 20 heavy (non-hydrogen) atoms. The fourth-order valence-electron chi connectivity index (χ4n) is 2.61. The van der Waals surface area contributed by atoms with Crippen molar-refractivity contribution in [1.29, 1.82) is 0 Å². The summed E-state index contributed by atoms with van der Waals surface area (Å²) in [6, 6.07) is 5.65. The van der Waals surface area contributed by atoms with Crippen LogP contribution in [-0.2, 0) is 4.79 Å². The second-order valence-electron chi connectivity index (χ2n) is 5.09. The number of likely N-dealkylation sites (tertiary alicyclic amines) is 1. The van der Waals surface area contributed by atoms with Crippen molar-refractivity contribution in [3.8, 4) is 0 Å². The van der Waals surface area contributed by atoms with Gasteiger partial charge in [-0.25, -0.2) is 0 Å². The predicted octanol–water partition coefficient (Wildman–Crippen LogP) is 4.80. The van der Waals surface area contributed by atoms with Gasteiger partial charge in [0.25, 0.3) is 0 Å². The Bertz CT molecular complexity index is 513. The van der Waals surface area contributed by atoms with Crippen LogP contribution in [0.5, 0.6) is 0 Å². The van der Waals surface area contributed by atoms with Crippen LogP contribution in [0.1, 0.15) is 38.2 Å². The molecule has 1 amide bonds.